The number of ether oxygens (including phenoxy) is 1. The molecule has 7 heteroatoms. The van der Waals surface area contributed by atoms with Gasteiger partial charge < -0.3 is 20.1 Å². The summed E-state index contributed by atoms with van der Waals surface area (Å²) in [6, 6.07) is -0.453. The summed E-state index contributed by atoms with van der Waals surface area (Å²) in [7, 11) is 0. The summed E-state index contributed by atoms with van der Waals surface area (Å²) in [5.41, 5.74) is 0. The summed E-state index contributed by atoms with van der Waals surface area (Å²) in [6.07, 6.45) is 3.65. The van der Waals surface area contributed by atoms with Crippen molar-refractivity contribution in [2.75, 3.05) is 31.8 Å². The highest BCUT2D eigenvalue weighted by atomic mass is 32.2. The van der Waals surface area contributed by atoms with E-state index in [0.717, 1.165) is 18.6 Å². The third-order valence-electron chi connectivity index (χ3n) is 3.68. The van der Waals surface area contributed by atoms with E-state index >= 15 is 0 Å². The standard InChI is InChI=1S/C14H26N2O4S/c1-4-6-16(12-8-20-7-11(12)13(17)18)14(19)15-10(5-2)9-21-3/h10-12H,4-9H2,1-3H3,(H,15,19)(H,17,18). The number of carbonyl (C=O) groups excluding carboxylic acids is 1. The van der Waals surface area contributed by atoms with Gasteiger partial charge in [-0.3, -0.25) is 4.79 Å². The van der Waals surface area contributed by atoms with Gasteiger partial charge in [0.25, 0.3) is 0 Å². The molecule has 0 radical (unpaired) electrons. The number of hydrogen-bond acceptors (Lipinski definition) is 4. The first kappa shape index (κ1) is 18.1. The van der Waals surface area contributed by atoms with Gasteiger partial charge in [-0.1, -0.05) is 13.8 Å². The van der Waals surface area contributed by atoms with Gasteiger partial charge >= 0.3 is 12.0 Å². The smallest absolute Gasteiger partial charge is 0.317 e. The molecule has 0 saturated carbocycles. The first-order valence-electron chi connectivity index (χ1n) is 7.41. The minimum Gasteiger partial charge on any atom is -0.481 e. The Morgan fingerprint density at radius 3 is 2.67 bits per heavy atom. The molecule has 3 unspecified atom stereocenters. The summed E-state index contributed by atoms with van der Waals surface area (Å²) >= 11 is 1.69. The Morgan fingerprint density at radius 2 is 2.14 bits per heavy atom. The van der Waals surface area contributed by atoms with E-state index in [1.165, 1.54) is 0 Å². The number of aliphatic carboxylic acids is 1. The lowest BCUT2D eigenvalue weighted by Crippen LogP contribution is -2.53. The van der Waals surface area contributed by atoms with E-state index in [2.05, 4.69) is 5.32 Å². The number of rotatable bonds is 8. The maximum absolute atomic E-state index is 12.5. The lowest BCUT2D eigenvalue weighted by atomic mass is 10.0. The Hall–Kier alpha value is -0.950. The van der Waals surface area contributed by atoms with Crippen molar-refractivity contribution in [3.05, 3.63) is 0 Å². The summed E-state index contributed by atoms with van der Waals surface area (Å²) in [5.74, 6) is -0.684. The van der Waals surface area contributed by atoms with Gasteiger partial charge in [-0.25, -0.2) is 4.79 Å². The molecule has 0 spiro atoms. The summed E-state index contributed by atoms with van der Waals surface area (Å²) < 4.78 is 5.28. The van der Waals surface area contributed by atoms with Crippen LogP contribution in [0.4, 0.5) is 4.79 Å². The number of nitrogens with zero attached hydrogens (tertiary/aromatic N) is 1. The van der Waals surface area contributed by atoms with Gasteiger partial charge in [0.2, 0.25) is 0 Å². The van der Waals surface area contributed by atoms with Crippen LogP contribution in [0.25, 0.3) is 0 Å². The second kappa shape index (κ2) is 9.15. The fraction of sp³-hybridized carbons (Fsp3) is 0.857. The van der Waals surface area contributed by atoms with E-state index in [1.54, 1.807) is 16.7 Å². The highest BCUT2D eigenvalue weighted by molar-refractivity contribution is 7.98. The van der Waals surface area contributed by atoms with Gasteiger partial charge in [-0.05, 0) is 19.1 Å². The second-order valence-electron chi connectivity index (χ2n) is 5.25. The van der Waals surface area contributed by atoms with Crippen molar-refractivity contribution in [1.29, 1.82) is 0 Å². The van der Waals surface area contributed by atoms with Crippen LogP contribution >= 0.6 is 11.8 Å². The lowest BCUT2D eigenvalue weighted by molar-refractivity contribution is -0.142. The molecule has 3 atom stereocenters. The van der Waals surface area contributed by atoms with Crippen LogP contribution in [0.2, 0.25) is 0 Å². The molecular weight excluding hydrogens is 292 g/mol. The number of nitrogens with one attached hydrogen (secondary N) is 1. The largest absolute Gasteiger partial charge is 0.481 e. The number of amides is 2. The third-order valence-corrected chi connectivity index (χ3v) is 4.42. The molecule has 0 aromatic rings. The van der Waals surface area contributed by atoms with E-state index in [-0.39, 0.29) is 24.7 Å². The predicted molar refractivity (Wildman–Crippen MR) is 83.7 cm³/mol. The topological polar surface area (TPSA) is 78.9 Å². The number of hydrogen-bond donors (Lipinski definition) is 2. The van der Waals surface area contributed by atoms with Gasteiger partial charge in [0.15, 0.2) is 0 Å². The molecule has 1 saturated heterocycles. The zero-order valence-corrected chi connectivity index (χ0v) is 13.8. The van der Waals surface area contributed by atoms with E-state index in [1.807, 2.05) is 20.1 Å². The monoisotopic (exact) mass is 318 g/mol. The Kier molecular flexibility index (Phi) is 7.88. The highest BCUT2D eigenvalue weighted by Crippen LogP contribution is 2.21. The number of carboxylic acids is 1. The van der Waals surface area contributed by atoms with Crippen LogP contribution in [0.1, 0.15) is 26.7 Å². The molecule has 1 rings (SSSR count). The van der Waals surface area contributed by atoms with Crippen molar-refractivity contribution >= 4 is 23.8 Å². The predicted octanol–water partition coefficient (Wildman–Crippen LogP) is 1.65. The van der Waals surface area contributed by atoms with Crippen LogP contribution in [0.3, 0.4) is 0 Å². The molecule has 0 bridgehead atoms. The van der Waals surface area contributed by atoms with E-state index in [0.29, 0.717) is 13.2 Å². The normalized spacial score (nSPS) is 22.8. The zero-order chi connectivity index (χ0) is 15.8. The average molecular weight is 318 g/mol. The number of thioether (sulfide) groups is 1. The minimum absolute atomic E-state index is 0.109. The van der Waals surface area contributed by atoms with Crippen molar-refractivity contribution in [1.82, 2.24) is 10.2 Å². The van der Waals surface area contributed by atoms with Crippen LogP contribution in [0.5, 0.6) is 0 Å². The molecular formula is C14H26N2O4S. The van der Waals surface area contributed by atoms with E-state index < -0.39 is 11.9 Å². The van der Waals surface area contributed by atoms with Crippen molar-refractivity contribution in [3.8, 4) is 0 Å². The first-order chi connectivity index (χ1) is 10.0. The lowest BCUT2D eigenvalue weighted by Gasteiger charge is -2.31. The molecule has 21 heavy (non-hydrogen) atoms. The highest BCUT2D eigenvalue weighted by Gasteiger charge is 2.40. The maximum Gasteiger partial charge on any atom is 0.317 e. The Morgan fingerprint density at radius 1 is 1.43 bits per heavy atom. The summed E-state index contributed by atoms with van der Waals surface area (Å²) in [6.45, 7) is 5.02. The third kappa shape index (κ3) is 5.07. The summed E-state index contributed by atoms with van der Waals surface area (Å²) in [4.78, 5) is 25.4. The molecule has 0 aromatic heterocycles. The van der Waals surface area contributed by atoms with Crippen LogP contribution in [-0.2, 0) is 9.53 Å². The molecule has 1 aliphatic rings. The quantitative estimate of drug-likeness (QED) is 0.711. The van der Waals surface area contributed by atoms with Crippen LogP contribution in [-0.4, -0.2) is 65.9 Å². The van der Waals surface area contributed by atoms with E-state index in [9.17, 15) is 14.7 Å². The second-order valence-corrected chi connectivity index (χ2v) is 6.16. The molecule has 1 aliphatic heterocycles. The van der Waals surface area contributed by atoms with Crippen molar-refractivity contribution in [2.45, 2.75) is 38.8 Å². The molecule has 122 valence electrons. The molecule has 6 nitrogen and oxygen atoms in total. The molecule has 1 heterocycles. The van der Waals surface area contributed by atoms with Crippen molar-refractivity contribution in [3.63, 3.8) is 0 Å². The van der Waals surface area contributed by atoms with E-state index in [4.69, 9.17) is 4.74 Å². The number of urea groups is 1. The van der Waals surface area contributed by atoms with Crippen molar-refractivity contribution in [2.24, 2.45) is 5.92 Å². The first-order valence-corrected chi connectivity index (χ1v) is 8.81. The van der Waals surface area contributed by atoms with Gasteiger partial charge in [0.05, 0.1) is 19.3 Å². The van der Waals surface area contributed by atoms with Crippen molar-refractivity contribution < 1.29 is 19.4 Å². The summed E-state index contributed by atoms with van der Waals surface area (Å²) in [5, 5.41) is 12.3. The number of carbonyl (C=O) groups is 2. The van der Waals surface area contributed by atoms with Crippen LogP contribution in [0, 0.1) is 5.92 Å². The number of carboxylic acid groups (broad SMARTS) is 1. The fourth-order valence-electron chi connectivity index (χ4n) is 2.47. The van der Waals surface area contributed by atoms with Crippen LogP contribution in [0.15, 0.2) is 0 Å². The fourth-order valence-corrected chi connectivity index (χ4v) is 3.19. The minimum atomic E-state index is -0.900. The zero-order valence-electron chi connectivity index (χ0n) is 13.0. The molecule has 2 amide bonds. The maximum atomic E-state index is 12.5. The molecule has 0 aliphatic carbocycles. The van der Waals surface area contributed by atoms with Gasteiger partial charge in [-0.15, -0.1) is 0 Å². The Bertz CT molecular complexity index is 354. The van der Waals surface area contributed by atoms with Crippen LogP contribution < -0.4 is 5.32 Å². The van der Waals surface area contributed by atoms with Gasteiger partial charge in [0, 0.05) is 18.3 Å². The SMILES string of the molecule is CCCN(C(=O)NC(CC)CSC)C1COCC1C(=O)O. The molecule has 2 N–H and O–H groups in total. The molecule has 0 aromatic carbocycles. The molecule has 1 fully saturated rings. The van der Waals surface area contributed by atoms with Gasteiger partial charge in [-0.2, -0.15) is 11.8 Å². The Balaban J connectivity index is 2.75. The van der Waals surface area contributed by atoms with Gasteiger partial charge in [0.1, 0.15) is 5.92 Å². The average Bonchev–Trinajstić information content (AvgIpc) is 2.93. The Labute approximate surface area is 130 Å².